The van der Waals surface area contributed by atoms with E-state index in [1.807, 2.05) is 0 Å². The lowest BCUT2D eigenvalue weighted by atomic mass is 9.90. The monoisotopic (exact) mass is 530 g/mol. The van der Waals surface area contributed by atoms with E-state index < -0.39 is 27.4 Å². The molecule has 10 heteroatoms. The highest BCUT2D eigenvalue weighted by atomic mass is 32.2. The minimum absolute atomic E-state index is 0.0978. The van der Waals surface area contributed by atoms with Gasteiger partial charge in [-0.2, -0.15) is 0 Å². The number of benzene rings is 2. The maximum atomic E-state index is 14.1. The molecule has 5 rings (SSSR count). The molecule has 1 unspecified atom stereocenters. The van der Waals surface area contributed by atoms with Gasteiger partial charge in [-0.1, -0.05) is 18.2 Å². The predicted octanol–water partition coefficient (Wildman–Crippen LogP) is 3.93. The third-order valence-corrected chi connectivity index (χ3v) is 9.04. The average Bonchev–Trinajstić information content (AvgIpc) is 3.45. The summed E-state index contributed by atoms with van der Waals surface area (Å²) < 4.78 is 49.0. The van der Waals surface area contributed by atoms with Gasteiger partial charge in [0.1, 0.15) is 17.1 Å². The number of aromatic carboxylic acids is 1. The lowest BCUT2D eigenvalue weighted by molar-refractivity contribution is 0.0215. The number of hydrogen-bond acceptors (Lipinski definition) is 6. The first-order chi connectivity index (χ1) is 17.4. The van der Waals surface area contributed by atoms with Gasteiger partial charge >= 0.3 is 5.97 Å². The third-order valence-electron chi connectivity index (χ3n) is 7.60. The minimum Gasteiger partial charge on any atom is -0.492 e. The van der Waals surface area contributed by atoms with Crippen molar-refractivity contribution in [2.45, 2.75) is 43.1 Å². The van der Waals surface area contributed by atoms with Crippen LogP contribution in [0.1, 0.15) is 54.1 Å². The molecule has 8 nitrogen and oxygen atoms in total. The smallest absolute Gasteiger partial charge is 0.341 e. The number of sulfonamides is 1. The van der Waals surface area contributed by atoms with E-state index >= 15 is 0 Å². The summed E-state index contributed by atoms with van der Waals surface area (Å²) >= 11 is 0. The Kier molecular flexibility index (Phi) is 6.54. The van der Waals surface area contributed by atoms with Crippen LogP contribution in [0, 0.1) is 17.7 Å². The van der Waals surface area contributed by atoms with E-state index in [9.17, 15) is 27.8 Å². The van der Waals surface area contributed by atoms with Crippen LogP contribution in [0.15, 0.2) is 41.3 Å². The molecule has 1 saturated carbocycles. The van der Waals surface area contributed by atoms with Crippen LogP contribution in [0.2, 0.25) is 0 Å². The Morgan fingerprint density at radius 1 is 1.30 bits per heavy atom. The van der Waals surface area contributed by atoms with Gasteiger partial charge in [0.05, 0.1) is 22.8 Å². The van der Waals surface area contributed by atoms with Crippen LogP contribution in [-0.4, -0.2) is 61.3 Å². The second kappa shape index (κ2) is 9.41. The molecule has 2 fully saturated rings. The Labute approximate surface area is 215 Å². The standard InChI is InChI=1S/C27H31FN2O6S/c1-27(2,33)18-9-11-30(14-18)10-3-4-16-12-19(28)5-8-23(16)37(34,35)29-22-7-6-20-21-13-17(21)15-36-25(20)24(22)26(31)32/h3-8,12,17-18,21,29,33H,9-11,13-15H2,1-2H3,(H,31,32)/t17-,18?,21-/m0/s1. The molecule has 2 aromatic carbocycles. The van der Waals surface area contributed by atoms with Crippen LogP contribution in [0.5, 0.6) is 5.75 Å². The molecule has 3 N–H and O–H groups in total. The number of likely N-dealkylation sites (tertiary alicyclic amines) is 1. The van der Waals surface area contributed by atoms with E-state index in [2.05, 4.69) is 9.62 Å². The highest BCUT2D eigenvalue weighted by Gasteiger charge is 2.45. The van der Waals surface area contributed by atoms with Crippen molar-refractivity contribution in [1.82, 2.24) is 4.90 Å². The summed E-state index contributed by atoms with van der Waals surface area (Å²) in [6, 6.07) is 6.53. The van der Waals surface area contributed by atoms with Gasteiger partial charge in [-0.25, -0.2) is 17.6 Å². The fourth-order valence-electron chi connectivity index (χ4n) is 5.34. The van der Waals surface area contributed by atoms with Crippen molar-refractivity contribution in [2.75, 3.05) is 31.0 Å². The number of rotatable bonds is 8. The topological polar surface area (TPSA) is 116 Å². The lowest BCUT2D eigenvalue weighted by Gasteiger charge is -2.25. The first-order valence-corrected chi connectivity index (χ1v) is 13.9. The number of nitrogens with zero attached hydrogens (tertiary/aromatic N) is 1. The highest BCUT2D eigenvalue weighted by Crippen LogP contribution is 2.55. The number of carbonyl (C=O) groups is 1. The molecule has 0 radical (unpaired) electrons. The first kappa shape index (κ1) is 25.7. The molecule has 0 spiro atoms. The van der Waals surface area contributed by atoms with Gasteiger partial charge in [-0.05, 0) is 74.5 Å². The molecule has 2 aromatic rings. The Morgan fingerprint density at radius 3 is 2.78 bits per heavy atom. The molecule has 1 aliphatic carbocycles. The Hall–Kier alpha value is -2.95. The lowest BCUT2D eigenvalue weighted by Crippen LogP contribution is -2.33. The van der Waals surface area contributed by atoms with Crippen LogP contribution in [0.4, 0.5) is 10.1 Å². The molecule has 37 heavy (non-hydrogen) atoms. The summed E-state index contributed by atoms with van der Waals surface area (Å²) in [4.78, 5) is 14.1. The zero-order valence-corrected chi connectivity index (χ0v) is 21.6. The molecule has 3 aliphatic rings. The maximum Gasteiger partial charge on any atom is 0.341 e. The Bertz CT molecular complexity index is 1370. The molecule has 3 atom stereocenters. The predicted molar refractivity (Wildman–Crippen MR) is 137 cm³/mol. The summed E-state index contributed by atoms with van der Waals surface area (Å²) in [5, 5.41) is 20.1. The average molecular weight is 531 g/mol. The Balaban J connectivity index is 1.39. The van der Waals surface area contributed by atoms with Crippen LogP contribution < -0.4 is 9.46 Å². The van der Waals surface area contributed by atoms with Crippen molar-refractivity contribution in [3.63, 3.8) is 0 Å². The van der Waals surface area contributed by atoms with E-state index in [0.29, 0.717) is 25.6 Å². The second-order valence-corrected chi connectivity index (χ2v) is 12.4. The van der Waals surface area contributed by atoms with Crippen molar-refractivity contribution in [1.29, 1.82) is 0 Å². The first-order valence-electron chi connectivity index (χ1n) is 12.4. The molecular formula is C27H31FN2O6S. The largest absolute Gasteiger partial charge is 0.492 e. The van der Waals surface area contributed by atoms with Crippen molar-refractivity contribution < 1.29 is 32.6 Å². The quantitative estimate of drug-likeness (QED) is 0.474. The van der Waals surface area contributed by atoms with E-state index in [4.69, 9.17) is 4.74 Å². The van der Waals surface area contributed by atoms with Gasteiger partial charge in [0, 0.05) is 24.9 Å². The van der Waals surface area contributed by atoms with Crippen LogP contribution >= 0.6 is 0 Å². The Morgan fingerprint density at radius 2 is 2.08 bits per heavy atom. The number of halogens is 1. The SMILES string of the molecule is CC(C)(O)C1CCN(CC=Cc2cc(F)ccc2S(=O)(=O)Nc2ccc3c(c2C(=O)O)OC[C@@H]2C[C@H]32)C1. The van der Waals surface area contributed by atoms with Crippen LogP contribution in [0.3, 0.4) is 0 Å². The van der Waals surface area contributed by atoms with Crippen molar-refractivity contribution in [3.05, 3.63) is 58.9 Å². The van der Waals surface area contributed by atoms with E-state index in [1.165, 1.54) is 12.1 Å². The third kappa shape index (κ3) is 5.23. The van der Waals surface area contributed by atoms with Crippen molar-refractivity contribution in [2.24, 2.45) is 11.8 Å². The normalized spacial score (nSPS) is 23.4. The second-order valence-electron chi connectivity index (χ2n) is 10.7. The fraction of sp³-hybridized carbons (Fsp3) is 0.444. The molecule has 0 bridgehead atoms. The number of anilines is 1. The summed E-state index contributed by atoms with van der Waals surface area (Å²) in [5.41, 5.74) is -0.154. The van der Waals surface area contributed by atoms with Crippen LogP contribution in [-0.2, 0) is 10.0 Å². The molecule has 2 aliphatic heterocycles. The number of carboxylic acid groups (broad SMARTS) is 1. The zero-order chi connectivity index (χ0) is 26.5. The van der Waals surface area contributed by atoms with Crippen LogP contribution in [0.25, 0.3) is 6.08 Å². The number of aliphatic hydroxyl groups is 1. The molecule has 0 aromatic heterocycles. The number of ether oxygens (including phenoxy) is 1. The van der Waals surface area contributed by atoms with Gasteiger partial charge in [0.15, 0.2) is 0 Å². The van der Waals surface area contributed by atoms with Crippen molar-refractivity contribution >= 4 is 27.8 Å². The summed E-state index contributed by atoms with van der Waals surface area (Å²) in [7, 11) is -4.26. The van der Waals surface area contributed by atoms with E-state index in [0.717, 1.165) is 37.1 Å². The summed E-state index contributed by atoms with van der Waals surface area (Å²) in [6.07, 6.45) is 5.11. The molecule has 198 valence electrons. The molecular weight excluding hydrogens is 499 g/mol. The zero-order valence-electron chi connectivity index (χ0n) is 20.8. The highest BCUT2D eigenvalue weighted by molar-refractivity contribution is 7.92. The van der Waals surface area contributed by atoms with Crippen molar-refractivity contribution in [3.8, 4) is 5.75 Å². The minimum atomic E-state index is -4.26. The number of fused-ring (bicyclic) bond motifs is 3. The number of nitrogens with one attached hydrogen (secondary N) is 1. The van der Waals surface area contributed by atoms with Gasteiger partial charge < -0.3 is 14.9 Å². The fourth-order valence-corrected chi connectivity index (χ4v) is 6.60. The van der Waals surface area contributed by atoms with Gasteiger partial charge in [-0.15, -0.1) is 0 Å². The van der Waals surface area contributed by atoms with Gasteiger partial charge in [-0.3, -0.25) is 9.62 Å². The summed E-state index contributed by atoms with van der Waals surface area (Å²) in [6.45, 7) is 6.03. The van der Waals surface area contributed by atoms with Gasteiger partial charge in [0.2, 0.25) is 0 Å². The maximum absolute atomic E-state index is 14.1. The molecule has 0 amide bonds. The number of hydrogen-bond donors (Lipinski definition) is 3. The van der Waals surface area contributed by atoms with Gasteiger partial charge in [0.25, 0.3) is 10.0 Å². The van der Waals surface area contributed by atoms with E-state index in [1.54, 1.807) is 32.1 Å². The summed E-state index contributed by atoms with van der Waals surface area (Å²) in [5.74, 6) is -0.898. The van der Waals surface area contributed by atoms with E-state index in [-0.39, 0.29) is 39.3 Å². The number of carboxylic acids is 1. The molecule has 1 saturated heterocycles. The molecule has 2 heterocycles.